The number of rotatable bonds is 4. The van der Waals surface area contributed by atoms with Crippen LogP contribution in [-0.4, -0.2) is 59.4 Å². The van der Waals surface area contributed by atoms with Crippen LogP contribution in [0.3, 0.4) is 0 Å². The van der Waals surface area contributed by atoms with Gasteiger partial charge in [-0.2, -0.15) is 0 Å². The highest BCUT2D eigenvalue weighted by Crippen LogP contribution is 2.36. The van der Waals surface area contributed by atoms with Crippen LogP contribution in [-0.2, 0) is 10.2 Å². The number of nitrogens with two attached hydrogens (primary N) is 1. The molecule has 1 atom stereocenters. The molecule has 2 aromatic rings. The smallest absolute Gasteiger partial charge is 0.219 e. The van der Waals surface area contributed by atoms with Crippen molar-refractivity contribution in [3.8, 4) is 11.1 Å². The number of hydrogen-bond donors (Lipinski definition) is 1. The predicted molar refractivity (Wildman–Crippen MR) is 116 cm³/mol. The highest BCUT2D eigenvalue weighted by molar-refractivity contribution is 6.07. The maximum atomic E-state index is 5.60. The molecule has 7 heteroatoms. The number of amidine groups is 2. The molecule has 0 saturated carbocycles. The molecule has 2 aliphatic rings. The number of ether oxygens (including phenoxy) is 1. The minimum atomic E-state index is -0.260. The lowest BCUT2D eigenvalue weighted by Gasteiger charge is -2.33. The zero-order chi connectivity index (χ0) is 20.4. The number of nitrogens with zero attached hydrogens (tertiary/aromatic N) is 5. The van der Waals surface area contributed by atoms with Crippen molar-refractivity contribution in [1.82, 2.24) is 14.9 Å². The summed E-state index contributed by atoms with van der Waals surface area (Å²) in [5.74, 6) is 2.61. The Morgan fingerprint density at radius 2 is 1.69 bits per heavy atom. The summed E-state index contributed by atoms with van der Waals surface area (Å²) in [6.07, 6.45) is 3.50. The number of hydrogen-bond acceptors (Lipinski definition) is 7. The van der Waals surface area contributed by atoms with E-state index in [2.05, 4.69) is 59.9 Å². The standard InChI is InChI=1S/C22H28N6O/c1-15(2)22(3,20-24-14-19(27-20)28-8-10-29-11-9-28)18-6-4-16(5-7-18)17-12-25-21(23)26-13-17/h4-7,12-13,15H,8-11,14H2,1-3H3,(H2,23,25,26). The zero-order valence-electron chi connectivity index (χ0n) is 17.3. The predicted octanol–water partition coefficient (Wildman–Crippen LogP) is 2.78. The fourth-order valence-electron chi connectivity index (χ4n) is 3.83. The van der Waals surface area contributed by atoms with Gasteiger partial charge in [0.1, 0.15) is 11.7 Å². The largest absolute Gasteiger partial charge is 0.378 e. The molecule has 152 valence electrons. The topological polar surface area (TPSA) is 89.0 Å². The van der Waals surface area contributed by atoms with Crippen LogP contribution < -0.4 is 5.73 Å². The quantitative estimate of drug-likeness (QED) is 0.864. The van der Waals surface area contributed by atoms with Crippen LogP contribution in [0.2, 0.25) is 0 Å². The van der Waals surface area contributed by atoms with Crippen molar-refractivity contribution in [2.24, 2.45) is 15.9 Å². The first-order chi connectivity index (χ1) is 14.0. The molecule has 3 heterocycles. The lowest BCUT2D eigenvalue weighted by molar-refractivity contribution is 0.0678. The molecule has 1 fully saturated rings. The van der Waals surface area contributed by atoms with Gasteiger partial charge in [-0.05, 0) is 24.0 Å². The highest BCUT2D eigenvalue weighted by atomic mass is 16.5. The van der Waals surface area contributed by atoms with Crippen molar-refractivity contribution >= 4 is 17.6 Å². The van der Waals surface area contributed by atoms with E-state index in [0.29, 0.717) is 12.5 Å². The molecule has 0 bridgehead atoms. The van der Waals surface area contributed by atoms with Gasteiger partial charge in [-0.25, -0.2) is 15.0 Å². The third kappa shape index (κ3) is 3.74. The zero-order valence-corrected chi connectivity index (χ0v) is 17.3. The Morgan fingerprint density at radius 1 is 1.03 bits per heavy atom. The van der Waals surface area contributed by atoms with Crippen molar-refractivity contribution in [2.45, 2.75) is 26.2 Å². The molecule has 1 unspecified atom stereocenters. The summed E-state index contributed by atoms with van der Waals surface area (Å²) < 4.78 is 5.47. The SMILES string of the molecule is CC(C)C(C)(C1=NCC(N2CCOCC2)=N1)c1ccc(-c2cnc(N)nc2)cc1. The first-order valence-corrected chi connectivity index (χ1v) is 10.1. The van der Waals surface area contributed by atoms with Gasteiger partial charge in [0, 0.05) is 31.0 Å². The normalized spacial score (nSPS) is 19.1. The van der Waals surface area contributed by atoms with E-state index in [9.17, 15) is 0 Å². The number of aromatic nitrogens is 2. The molecule has 1 aromatic carbocycles. The summed E-state index contributed by atoms with van der Waals surface area (Å²) in [7, 11) is 0. The minimum absolute atomic E-state index is 0.260. The molecule has 0 aliphatic carbocycles. The van der Waals surface area contributed by atoms with Crippen LogP contribution in [0.4, 0.5) is 5.95 Å². The molecular weight excluding hydrogens is 364 g/mol. The van der Waals surface area contributed by atoms with Crippen molar-refractivity contribution in [2.75, 3.05) is 38.6 Å². The van der Waals surface area contributed by atoms with E-state index >= 15 is 0 Å². The van der Waals surface area contributed by atoms with Crippen LogP contribution in [0.25, 0.3) is 11.1 Å². The van der Waals surface area contributed by atoms with E-state index in [1.54, 1.807) is 12.4 Å². The van der Waals surface area contributed by atoms with Gasteiger partial charge in [0.05, 0.1) is 25.2 Å². The van der Waals surface area contributed by atoms with Gasteiger partial charge < -0.3 is 15.4 Å². The summed E-state index contributed by atoms with van der Waals surface area (Å²) in [5, 5.41) is 0. The van der Waals surface area contributed by atoms with E-state index in [0.717, 1.165) is 49.1 Å². The number of aliphatic imine (C=N–C) groups is 2. The monoisotopic (exact) mass is 392 g/mol. The molecule has 0 radical (unpaired) electrons. The summed E-state index contributed by atoms with van der Waals surface area (Å²) in [6.45, 7) is 10.6. The molecule has 2 aliphatic heterocycles. The summed E-state index contributed by atoms with van der Waals surface area (Å²) >= 11 is 0. The van der Waals surface area contributed by atoms with Crippen molar-refractivity contribution in [3.63, 3.8) is 0 Å². The Kier molecular flexibility index (Phi) is 5.32. The van der Waals surface area contributed by atoms with E-state index in [1.165, 1.54) is 5.56 Å². The number of morpholine rings is 1. The molecule has 2 N–H and O–H groups in total. The first-order valence-electron chi connectivity index (χ1n) is 10.1. The average molecular weight is 393 g/mol. The van der Waals surface area contributed by atoms with Crippen LogP contribution in [0.1, 0.15) is 26.3 Å². The second kappa shape index (κ2) is 7.91. The van der Waals surface area contributed by atoms with Gasteiger partial charge in [0.15, 0.2) is 0 Å². The molecule has 0 amide bonds. The lowest BCUT2D eigenvalue weighted by atomic mass is 9.72. The van der Waals surface area contributed by atoms with Crippen LogP contribution in [0, 0.1) is 5.92 Å². The Bertz CT molecular complexity index is 913. The molecule has 29 heavy (non-hydrogen) atoms. The van der Waals surface area contributed by atoms with E-state index in [1.807, 2.05) is 0 Å². The van der Waals surface area contributed by atoms with Gasteiger partial charge in [0.25, 0.3) is 0 Å². The summed E-state index contributed by atoms with van der Waals surface area (Å²) in [4.78, 5) is 20.3. The van der Waals surface area contributed by atoms with Crippen LogP contribution in [0.5, 0.6) is 0 Å². The van der Waals surface area contributed by atoms with Crippen molar-refractivity contribution in [3.05, 3.63) is 42.2 Å². The lowest BCUT2D eigenvalue weighted by Crippen LogP contribution is -2.41. The second-order valence-corrected chi connectivity index (χ2v) is 8.03. The fourth-order valence-corrected chi connectivity index (χ4v) is 3.83. The van der Waals surface area contributed by atoms with E-state index < -0.39 is 0 Å². The van der Waals surface area contributed by atoms with E-state index in [-0.39, 0.29) is 11.4 Å². The maximum absolute atomic E-state index is 5.60. The summed E-state index contributed by atoms with van der Waals surface area (Å²) in [6, 6.07) is 8.53. The Hall–Kier alpha value is -2.80. The summed E-state index contributed by atoms with van der Waals surface area (Å²) in [5.41, 5.74) is 8.55. The van der Waals surface area contributed by atoms with Crippen LogP contribution >= 0.6 is 0 Å². The van der Waals surface area contributed by atoms with Gasteiger partial charge in [0.2, 0.25) is 5.95 Å². The van der Waals surface area contributed by atoms with Gasteiger partial charge in [-0.3, -0.25) is 4.99 Å². The highest BCUT2D eigenvalue weighted by Gasteiger charge is 2.38. The first kappa shape index (κ1) is 19.5. The van der Waals surface area contributed by atoms with Gasteiger partial charge in [-0.1, -0.05) is 38.1 Å². The molecule has 0 spiro atoms. The molecule has 4 rings (SSSR count). The Morgan fingerprint density at radius 3 is 2.31 bits per heavy atom. The molecular formula is C22H28N6O. The van der Waals surface area contributed by atoms with Gasteiger partial charge in [-0.15, -0.1) is 0 Å². The maximum Gasteiger partial charge on any atom is 0.219 e. The van der Waals surface area contributed by atoms with Crippen molar-refractivity contribution < 1.29 is 4.74 Å². The second-order valence-electron chi connectivity index (χ2n) is 8.03. The van der Waals surface area contributed by atoms with E-state index in [4.69, 9.17) is 20.5 Å². The Labute approximate surface area is 171 Å². The fraction of sp³-hybridized carbons (Fsp3) is 0.455. The Balaban J connectivity index is 1.61. The average Bonchev–Trinajstić information content (AvgIpc) is 3.25. The number of nitrogen functional groups attached to an aromatic ring is 1. The molecule has 1 saturated heterocycles. The molecule has 1 aromatic heterocycles. The third-order valence-corrected chi connectivity index (χ3v) is 6.09. The number of anilines is 1. The van der Waals surface area contributed by atoms with Crippen molar-refractivity contribution in [1.29, 1.82) is 0 Å². The third-order valence-electron chi connectivity index (χ3n) is 6.09. The van der Waals surface area contributed by atoms with Gasteiger partial charge >= 0.3 is 0 Å². The van der Waals surface area contributed by atoms with Crippen LogP contribution in [0.15, 0.2) is 46.6 Å². The molecule has 7 nitrogen and oxygen atoms in total. The number of benzene rings is 1. The minimum Gasteiger partial charge on any atom is -0.378 e.